The SMILES string of the molecule is N#CCC1CN(C2CCS(=O)(=O)C2)C(=O)O1. The van der Waals surface area contributed by atoms with Crippen LogP contribution < -0.4 is 0 Å². The van der Waals surface area contributed by atoms with Crippen LogP contribution >= 0.6 is 0 Å². The molecule has 0 aromatic rings. The molecule has 0 radical (unpaired) electrons. The van der Waals surface area contributed by atoms with Crippen LogP contribution in [0, 0.1) is 11.3 Å². The van der Waals surface area contributed by atoms with E-state index < -0.39 is 22.0 Å². The van der Waals surface area contributed by atoms with Crippen molar-refractivity contribution in [3.05, 3.63) is 0 Å². The van der Waals surface area contributed by atoms with Gasteiger partial charge in [-0.15, -0.1) is 0 Å². The van der Waals surface area contributed by atoms with Crippen molar-refractivity contribution in [1.29, 1.82) is 5.26 Å². The fraction of sp³-hybridized carbons (Fsp3) is 0.778. The van der Waals surface area contributed by atoms with Crippen molar-refractivity contribution in [3.63, 3.8) is 0 Å². The summed E-state index contributed by atoms with van der Waals surface area (Å²) in [5.41, 5.74) is 0. The minimum atomic E-state index is -3.00. The number of cyclic esters (lactones) is 1. The standard InChI is InChI=1S/C9H12N2O4S/c10-3-1-8-5-11(9(12)15-8)7-2-4-16(13,14)6-7/h7-8H,1-2,4-6H2. The van der Waals surface area contributed by atoms with Gasteiger partial charge >= 0.3 is 6.09 Å². The van der Waals surface area contributed by atoms with E-state index in [1.807, 2.05) is 6.07 Å². The Morgan fingerprint density at radius 1 is 1.56 bits per heavy atom. The number of amides is 1. The van der Waals surface area contributed by atoms with E-state index in [0.29, 0.717) is 13.0 Å². The van der Waals surface area contributed by atoms with Crippen molar-refractivity contribution in [3.8, 4) is 6.07 Å². The Hall–Kier alpha value is -1.29. The van der Waals surface area contributed by atoms with Gasteiger partial charge in [0.05, 0.1) is 36.6 Å². The van der Waals surface area contributed by atoms with Gasteiger partial charge < -0.3 is 9.64 Å². The van der Waals surface area contributed by atoms with Gasteiger partial charge in [-0.1, -0.05) is 0 Å². The number of ether oxygens (including phenoxy) is 1. The highest BCUT2D eigenvalue weighted by Crippen LogP contribution is 2.23. The van der Waals surface area contributed by atoms with Crippen LogP contribution in [0.2, 0.25) is 0 Å². The van der Waals surface area contributed by atoms with Gasteiger partial charge in [-0.2, -0.15) is 5.26 Å². The van der Waals surface area contributed by atoms with Crippen LogP contribution in [0.1, 0.15) is 12.8 Å². The van der Waals surface area contributed by atoms with E-state index in [9.17, 15) is 13.2 Å². The maximum Gasteiger partial charge on any atom is 0.410 e. The number of sulfone groups is 1. The highest BCUT2D eigenvalue weighted by atomic mass is 32.2. The van der Waals surface area contributed by atoms with Gasteiger partial charge in [-0.3, -0.25) is 0 Å². The Balaban J connectivity index is 2.02. The quantitative estimate of drug-likeness (QED) is 0.677. The van der Waals surface area contributed by atoms with Crippen LogP contribution in [0.25, 0.3) is 0 Å². The topological polar surface area (TPSA) is 87.5 Å². The van der Waals surface area contributed by atoms with Crippen molar-refractivity contribution >= 4 is 15.9 Å². The second-order valence-electron chi connectivity index (χ2n) is 4.08. The maximum absolute atomic E-state index is 11.5. The molecular weight excluding hydrogens is 232 g/mol. The molecule has 2 aliphatic heterocycles. The summed E-state index contributed by atoms with van der Waals surface area (Å²) < 4.78 is 27.5. The van der Waals surface area contributed by atoms with Gasteiger partial charge in [-0.25, -0.2) is 13.2 Å². The van der Waals surface area contributed by atoms with Crippen LogP contribution in [0.15, 0.2) is 0 Å². The van der Waals surface area contributed by atoms with Crippen LogP contribution in [-0.2, 0) is 14.6 Å². The molecule has 7 heteroatoms. The first-order chi connectivity index (χ1) is 7.52. The molecule has 2 fully saturated rings. The van der Waals surface area contributed by atoms with Crippen LogP contribution in [0.4, 0.5) is 4.79 Å². The summed E-state index contributed by atoms with van der Waals surface area (Å²) in [7, 11) is -3.00. The molecular formula is C9H12N2O4S. The van der Waals surface area contributed by atoms with E-state index in [-0.39, 0.29) is 24.0 Å². The number of rotatable bonds is 2. The van der Waals surface area contributed by atoms with Crippen LogP contribution in [0.3, 0.4) is 0 Å². The molecule has 2 unspecified atom stereocenters. The fourth-order valence-electron chi connectivity index (χ4n) is 2.07. The molecule has 0 spiro atoms. The highest BCUT2D eigenvalue weighted by molar-refractivity contribution is 7.91. The molecule has 0 aliphatic carbocycles. The van der Waals surface area contributed by atoms with Crippen LogP contribution in [-0.4, -0.2) is 49.6 Å². The zero-order chi connectivity index (χ0) is 11.8. The first-order valence-electron chi connectivity index (χ1n) is 5.06. The third-order valence-corrected chi connectivity index (χ3v) is 4.62. The predicted molar refractivity (Wildman–Crippen MR) is 54.3 cm³/mol. The largest absolute Gasteiger partial charge is 0.443 e. The second kappa shape index (κ2) is 3.94. The summed E-state index contributed by atoms with van der Waals surface area (Å²) in [6, 6.07) is 1.66. The average Bonchev–Trinajstić information content (AvgIpc) is 2.70. The van der Waals surface area contributed by atoms with Gasteiger partial charge in [0, 0.05) is 0 Å². The lowest BCUT2D eigenvalue weighted by atomic mass is 10.2. The molecule has 2 rings (SSSR count). The summed E-state index contributed by atoms with van der Waals surface area (Å²) in [5, 5.41) is 8.49. The molecule has 2 heterocycles. The lowest BCUT2D eigenvalue weighted by molar-refractivity contribution is 0.130. The summed E-state index contributed by atoms with van der Waals surface area (Å²) in [4.78, 5) is 12.9. The molecule has 0 N–H and O–H groups in total. The Bertz CT molecular complexity index is 439. The molecule has 6 nitrogen and oxygen atoms in total. The Kier molecular flexibility index (Phi) is 2.76. The van der Waals surface area contributed by atoms with Gasteiger partial charge in [0.2, 0.25) is 0 Å². The van der Waals surface area contributed by atoms with E-state index in [1.165, 1.54) is 4.90 Å². The average molecular weight is 244 g/mol. The van der Waals surface area contributed by atoms with E-state index in [4.69, 9.17) is 10.00 Å². The van der Waals surface area contributed by atoms with Gasteiger partial charge in [0.25, 0.3) is 0 Å². The van der Waals surface area contributed by atoms with E-state index >= 15 is 0 Å². The number of carbonyl (C=O) groups is 1. The van der Waals surface area contributed by atoms with Gasteiger partial charge in [0.1, 0.15) is 6.10 Å². The maximum atomic E-state index is 11.5. The molecule has 0 aromatic heterocycles. The molecule has 0 bridgehead atoms. The number of hydrogen-bond acceptors (Lipinski definition) is 5. The number of carbonyl (C=O) groups excluding carboxylic acids is 1. The molecule has 2 atom stereocenters. The molecule has 0 aromatic carbocycles. The molecule has 2 saturated heterocycles. The molecule has 16 heavy (non-hydrogen) atoms. The summed E-state index contributed by atoms with van der Waals surface area (Å²) in [6.45, 7) is 0.326. The molecule has 0 saturated carbocycles. The fourth-order valence-corrected chi connectivity index (χ4v) is 3.80. The van der Waals surface area contributed by atoms with Crippen molar-refractivity contribution < 1.29 is 17.9 Å². The van der Waals surface area contributed by atoms with Gasteiger partial charge in [0.15, 0.2) is 9.84 Å². The smallest absolute Gasteiger partial charge is 0.410 e. The second-order valence-corrected chi connectivity index (χ2v) is 6.31. The molecule has 88 valence electrons. The van der Waals surface area contributed by atoms with Gasteiger partial charge in [-0.05, 0) is 6.42 Å². The zero-order valence-corrected chi connectivity index (χ0v) is 9.44. The molecule has 1 amide bonds. The zero-order valence-electron chi connectivity index (χ0n) is 8.63. The number of nitrogens with zero attached hydrogens (tertiary/aromatic N) is 2. The summed E-state index contributed by atoms with van der Waals surface area (Å²) in [5.74, 6) is 0.145. The lowest BCUT2D eigenvalue weighted by Crippen LogP contribution is -2.37. The third kappa shape index (κ3) is 2.11. The Morgan fingerprint density at radius 2 is 2.31 bits per heavy atom. The van der Waals surface area contributed by atoms with Crippen molar-refractivity contribution in [2.75, 3.05) is 18.1 Å². The predicted octanol–water partition coefficient (Wildman–Crippen LogP) is -0.0920. The van der Waals surface area contributed by atoms with E-state index in [2.05, 4.69) is 0 Å². The molecule has 2 aliphatic rings. The minimum absolute atomic E-state index is 0.0153. The summed E-state index contributed by atoms with van der Waals surface area (Å²) in [6.07, 6.45) is -0.290. The van der Waals surface area contributed by atoms with E-state index in [1.54, 1.807) is 0 Å². The monoisotopic (exact) mass is 244 g/mol. The van der Waals surface area contributed by atoms with Crippen LogP contribution in [0.5, 0.6) is 0 Å². The van der Waals surface area contributed by atoms with Crippen molar-refractivity contribution in [2.24, 2.45) is 0 Å². The Morgan fingerprint density at radius 3 is 2.88 bits per heavy atom. The number of nitriles is 1. The first-order valence-corrected chi connectivity index (χ1v) is 6.88. The Labute approximate surface area is 93.7 Å². The highest BCUT2D eigenvalue weighted by Gasteiger charge is 2.40. The van der Waals surface area contributed by atoms with E-state index in [0.717, 1.165) is 0 Å². The van der Waals surface area contributed by atoms with Crippen molar-refractivity contribution in [2.45, 2.75) is 25.0 Å². The minimum Gasteiger partial charge on any atom is -0.443 e. The third-order valence-electron chi connectivity index (χ3n) is 2.87. The van der Waals surface area contributed by atoms with Crippen molar-refractivity contribution in [1.82, 2.24) is 4.90 Å². The number of hydrogen-bond donors (Lipinski definition) is 0. The summed E-state index contributed by atoms with van der Waals surface area (Å²) >= 11 is 0. The normalized spacial score (nSPS) is 32.4. The lowest BCUT2D eigenvalue weighted by Gasteiger charge is -2.19. The first kappa shape index (κ1) is 11.2.